The molecule has 1 N–H and O–H groups in total. The quantitative estimate of drug-likeness (QED) is 0.770. The van der Waals surface area contributed by atoms with Crippen LogP contribution in [0.3, 0.4) is 0 Å². The summed E-state index contributed by atoms with van der Waals surface area (Å²) in [6.07, 6.45) is 3.12. The van der Waals surface area contributed by atoms with Crippen molar-refractivity contribution in [3.05, 3.63) is 72.1 Å². The Bertz CT molecular complexity index is 935. The first-order valence-corrected chi connectivity index (χ1v) is 8.79. The van der Waals surface area contributed by atoms with Gasteiger partial charge in [-0.1, -0.05) is 30.3 Å². The van der Waals surface area contributed by atoms with Crippen molar-refractivity contribution in [2.75, 3.05) is 13.1 Å². The topological polar surface area (TPSA) is 66.7 Å². The summed E-state index contributed by atoms with van der Waals surface area (Å²) in [6, 6.07) is 16.9. The maximum Gasteiger partial charge on any atom is 0.270 e. The zero-order valence-corrected chi connectivity index (χ0v) is 14.3. The first-order valence-electron chi connectivity index (χ1n) is 8.79. The second-order valence-electron chi connectivity index (χ2n) is 6.46. The van der Waals surface area contributed by atoms with Crippen LogP contribution in [0.25, 0.3) is 5.52 Å². The van der Waals surface area contributed by atoms with Crippen LogP contribution in [-0.2, 0) is 4.79 Å². The summed E-state index contributed by atoms with van der Waals surface area (Å²) in [7, 11) is 0. The third kappa shape index (κ3) is 3.18. The molecule has 2 aromatic heterocycles. The van der Waals surface area contributed by atoms with Crippen LogP contribution in [0.1, 0.15) is 34.9 Å². The largest absolute Gasteiger partial charge is 0.342 e. The van der Waals surface area contributed by atoms with Gasteiger partial charge >= 0.3 is 0 Å². The number of carbonyl (C=O) groups is 2. The molecule has 0 spiro atoms. The summed E-state index contributed by atoms with van der Waals surface area (Å²) >= 11 is 0. The minimum absolute atomic E-state index is 0.148. The van der Waals surface area contributed by atoms with Crippen LogP contribution in [0.4, 0.5) is 0 Å². The van der Waals surface area contributed by atoms with Gasteiger partial charge in [-0.15, -0.1) is 0 Å². The van der Waals surface area contributed by atoms with Crippen LogP contribution >= 0.6 is 0 Å². The maximum absolute atomic E-state index is 12.9. The average Bonchev–Trinajstić information content (AvgIpc) is 3.28. The van der Waals surface area contributed by atoms with E-state index in [2.05, 4.69) is 10.4 Å². The van der Waals surface area contributed by atoms with Crippen LogP contribution in [0.15, 0.2) is 60.8 Å². The number of benzene rings is 1. The molecule has 6 heteroatoms. The lowest BCUT2D eigenvalue weighted by Crippen LogP contribution is -2.39. The van der Waals surface area contributed by atoms with E-state index in [-0.39, 0.29) is 17.9 Å². The number of hydrogen-bond donors (Lipinski definition) is 1. The second-order valence-corrected chi connectivity index (χ2v) is 6.46. The number of carbonyl (C=O) groups excluding carboxylic acids is 2. The molecule has 1 aliphatic heterocycles. The molecule has 1 fully saturated rings. The van der Waals surface area contributed by atoms with E-state index in [4.69, 9.17) is 0 Å². The number of aromatic nitrogens is 2. The lowest BCUT2D eigenvalue weighted by atomic mass is 10.1. The number of nitrogens with zero attached hydrogens (tertiary/aromatic N) is 3. The molecule has 26 heavy (non-hydrogen) atoms. The van der Waals surface area contributed by atoms with Gasteiger partial charge in [0.2, 0.25) is 5.91 Å². The molecular weight excluding hydrogens is 328 g/mol. The summed E-state index contributed by atoms with van der Waals surface area (Å²) in [6.45, 7) is 1.22. The molecule has 0 saturated carbocycles. The Balaban J connectivity index is 1.59. The molecule has 3 heterocycles. The zero-order chi connectivity index (χ0) is 17.9. The SMILES string of the molecule is O=C(NC(CN1CCCC1=O)c1ccccc1)c1ccc2cccnn12. The molecule has 6 nitrogen and oxygen atoms in total. The van der Waals surface area contributed by atoms with Gasteiger partial charge in [-0.3, -0.25) is 9.59 Å². The Morgan fingerprint density at radius 3 is 2.73 bits per heavy atom. The lowest BCUT2D eigenvalue weighted by Gasteiger charge is -2.25. The van der Waals surface area contributed by atoms with Gasteiger partial charge in [-0.25, -0.2) is 4.52 Å². The number of fused-ring (bicyclic) bond motifs is 1. The Hall–Kier alpha value is -3.15. The predicted octanol–water partition coefficient (Wildman–Crippen LogP) is 2.43. The monoisotopic (exact) mass is 348 g/mol. The van der Waals surface area contributed by atoms with Crippen molar-refractivity contribution in [3.8, 4) is 0 Å². The Kier molecular flexibility index (Phi) is 4.39. The molecule has 4 rings (SSSR count). The van der Waals surface area contributed by atoms with Crippen molar-refractivity contribution in [2.45, 2.75) is 18.9 Å². The Morgan fingerprint density at radius 1 is 1.12 bits per heavy atom. The molecule has 1 aromatic carbocycles. The summed E-state index contributed by atoms with van der Waals surface area (Å²) in [4.78, 5) is 26.7. The molecule has 1 aliphatic rings. The molecule has 0 aliphatic carbocycles. The normalized spacial score (nSPS) is 15.4. The molecular formula is C20H20N4O2. The van der Waals surface area contributed by atoms with Crippen LogP contribution in [-0.4, -0.2) is 39.4 Å². The molecule has 132 valence electrons. The second kappa shape index (κ2) is 7.00. The van der Waals surface area contributed by atoms with Crippen LogP contribution in [0.5, 0.6) is 0 Å². The van der Waals surface area contributed by atoms with Gasteiger partial charge in [-0.2, -0.15) is 5.10 Å². The lowest BCUT2D eigenvalue weighted by molar-refractivity contribution is -0.128. The number of nitrogens with one attached hydrogen (secondary N) is 1. The highest BCUT2D eigenvalue weighted by atomic mass is 16.2. The highest BCUT2D eigenvalue weighted by Gasteiger charge is 2.26. The minimum atomic E-state index is -0.264. The summed E-state index contributed by atoms with van der Waals surface area (Å²) in [5.41, 5.74) is 2.33. The van der Waals surface area contributed by atoms with E-state index in [1.54, 1.807) is 16.8 Å². The summed E-state index contributed by atoms with van der Waals surface area (Å²) in [5.74, 6) is -0.0563. The maximum atomic E-state index is 12.9. The van der Waals surface area contributed by atoms with Gasteiger partial charge < -0.3 is 10.2 Å². The Labute approximate surface area is 151 Å². The fourth-order valence-corrected chi connectivity index (χ4v) is 3.39. The highest BCUT2D eigenvalue weighted by Crippen LogP contribution is 2.19. The molecule has 2 amide bonds. The standard InChI is InChI=1S/C20H20N4O2/c25-19-9-5-13-23(19)14-17(15-6-2-1-3-7-15)22-20(26)18-11-10-16-8-4-12-21-24(16)18/h1-4,6-8,10-12,17H,5,9,13-14H2,(H,22,26). The molecule has 3 aromatic rings. The van der Waals surface area contributed by atoms with Gasteiger partial charge in [0.05, 0.1) is 11.6 Å². The first kappa shape index (κ1) is 16.3. The van der Waals surface area contributed by atoms with E-state index < -0.39 is 0 Å². The summed E-state index contributed by atoms with van der Waals surface area (Å²) in [5, 5.41) is 7.33. The van der Waals surface area contributed by atoms with Gasteiger partial charge in [0, 0.05) is 25.7 Å². The van der Waals surface area contributed by atoms with Crippen molar-refractivity contribution in [1.29, 1.82) is 0 Å². The first-order chi connectivity index (χ1) is 12.7. The number of rotatable bonds is 5. The smallest absolute Gasteiger partial charge is 0.270 e. The predicted molar refractivity (Wildman–Crippen MR) is 97.7 cm³/mol. The van der Waals surface area contributed by atoms with E-state index in [9.17, 15) is 9.59 Å². The Morgan fingerprint density at radius 2 is 1.96 bits per heavy atom. The van der Waals surface area contributed by atoms with Crippen molar-refractivity contribution in [3.63, 3.8) is 0 Å². The van der Waals surface area contributed by atoms with Crippen molar-refractivity contribution in [2.24, 2.45) is 0 Å². The van der Waals surface area contributed by atoms with E-state index >= 15 is 0 Å². The van der Waals surface area contributed by atoms with Gasteiger partial charge in [0.25, 0.3) is 5.91 Å². The van der Waals surface area contributed by atoms with Crippen molar-refractivity contribution >= 4 is 17.3 Å². The van der Waals surface area contributed by atoms with Crippen LogP contribution in [0, 0.1) is 0 Å². The fraction of sp³-hybridized carbons (Fsp3) is 0.250. The highest BCUT2D eigenvalue weighted by molar-refractivity contribution is 5.94. The number of amides is 2. The minimum Gasteiger partial charge on any atom is -0.342 e. The third-order valence-corrected chi connectivity index (χ3v) is 4.73. The van der Waals surface area contributed by atoms with E-state index in [0.717, 1.165) is 24.0 Å². The zero-order valence-electron chi connectivity index (χ0n) is 14.3. The van der Waals surface area contributed by atoms with Gasteiger partial charge in [0.15, 0.2) is 0 Å². The van der Waals surface area contributed by atoms with Gasteiger partial charge in [0.1, 0.15) is 5.69 Å². The summed E-state index contributed by atoms with van der Waals surface area (Å²) < 4.78 is 1.62. The van der Waals surface area contributed by atoms with Crippen molar-refractivity contribution in [1.82, 2.24) is 19.8 Å². The molecule has 1 unspecified atom stereocenters. The van der Waals surface area contributed by atoms with Gasteiger partial charge in [-0.05, 0) is 36.2 Å². The van der Waals surface area contributed by atoms with Crippen LogP contribution in [0.2, 0.25) is 0 Å². The van der Waals surface area contributed by atoms with E-state index in [1.165, 1.54) is 0 Å². The third-order valence-electron chi connectivity index (χ3n) is 4.73. The fourth-order valence-electron chi connectivity index (χ4n) is 3.39. The average molecular weight is 348 g/mol. The van der Waals surface area contributed by atoms with E-state index in [1.807, 2.05) is 53.4 Å². The molecule has 1 saturated heterocycles. The van der Waals surface area contributed by atoms with Crippen molar-refractivity contribution < 1.29 is 9.59 Å². The molecule has 1 atom stereocenters. The molecule has 0 bridgehead atoms. The molecule has 0 radical (unpaired) electrons. The van der Waals surface area contributed by atoms with Crippen LogP contribution < -0.4 is 5.32 Å². The van der Waals surface area contributed by atoms with E-state index in [0.29, 0.717) is 18.7 Å². The number of likely N-dealkylation sites (tertiary alicyclic amines) is 1. The number of hydrogen-bond acceptors (Lipinski definition) is 3.